The smallest absolute Gasteiger partial charge is 0.243 e. The molecule has 0 saturated carbocycles. The molecule has 1 aliphatic rings. The Balaban J connectivity index is 2.01. The van der Waals surface area contributed by atoms with E-state index in [9.17, 15) is 8.42 Å². The Morgan fingerprint density at radius 2 is 1.73 bits per heavy atom. The van der Waals surface area contributed by atoms with Crippen molar-refractivity contribution in [2.75, 3.05) is 27.3 Å². The number of rotatable bonds is 6. The average molecular weight is 426 g/mol. The zero-order chi connectivity index (χ0) is 21.9. The van der Waals surface area contributed by atoms with E-state index >= 15 is 0 Å². The average Bonchev–Trinajstić information content (AvgIpc) is 3.17. The minimum atomic E-state index is -3.60. The summed E-state index contributed by atoms with van der Waals surface area (Å²) in [5.74, 6) is 1.23. The monoisotopic (exact) mass is 425 g/mol. The molecule has 1 atom stereocenters. The third kappa shape index (κ3) is 4.36. The van der Waals surface area contributed by atoms with E-state index in [0.29, 0.717) is 22.9 Å². The topological polar surface area (TPSA) is 55.8 Å². The lowest BCUT2D eigenvalue weighted by atomic mass is 9.96. The molecule has 3 rings (SSSR count). The summed E-state index contributed by atoms with van der Waals surface area (Å²) in [7, 11) is -0.398. The molecule has 2 aromatic rings. The Bertz CT molecular complexity index is 1090. The molecule has 1 unspecified atom stereocenters. The first-order chi connectivity index (χ1) is 14.3. The fraction of sp³-hybridized carbons (Fsp3) is 0.292. The first-order valence-corrected chi connectivity index (χ1v) is 11.1. The van der Waals surface area contributed by atoms with Crippen LogP contribution >= 0.6 is 0 Å². The van der Waals surface area contributed by atoms with E-state index in [-0.39, 0.29) is 12.5 Å². The fourth-order valence-corrected chi connectivity index (χ4v) is 4.94. The van der Waals surface area contributed by atoms with Crippen LogP contribution in [0.5, 0.6) is 11.5 Å². The van der Waals surface area contributed by atoms with Crippen molar-refractivity contribution in [1.82, 2.24) is 4.31 Å². The molecule has 158 valence electrons. The van der Waals surface area contributed by atoms with Crippen LogP contribution in [0.25, 0.3) is 6.08 Å². The first-order valence-electron chi connectivity index (χ1n) is 9.66. The molecule has 0 spiro atoms. The molecule has 30 heavy (non-hydrogen) atoms. The van der Waals surface area contributed by atoms with E-state index in [1.54, 1.807) is 32.4 Å². The van der Waals surface area contributed by atoms with Crippen LogP contribution in [0.3, 0.4) is 0 Å². The zero-order valence-corrected chi connectivity index (χ0v) is 18.6. The Morgan fingerprint density at radius 1 is 1.13 bits per heavy atom. The molecule has 1 fully saturated rings. The van der Waals surface area contributed by atoms with Gasteiger partial charge in [0.1, 0.15) is 11.5 Å². The molecule has 0 aliphatic carbocycles. The second-order valence-electron chi connectivity index (χ2n) is 7.40. The Kier molecular flexibility index (Phi) is 6.52. The van der Waals surface area contributed by atoms with Crippen molar-refractivity contribution >= 4 is 16.1 Å². The Morgan fingerprint density at radius 3 is 2.27 bits per heavy atom. The molecule has 5 nitrogen and oxygen atoms in total. The molecule has 1 heterocycles. The lowest BCUT2D eigenvalue weighted by Crippen LogP contribution is -2.29. The summed E-state index contributed by atoms with van der Waals surface area (Å²) in [6.07, 6.45) is 1.80. The summed E-state index contributed by atoms with van der Waals surface area (Å²) in [5, 5.41) is 0. The summed E-state index contributed by atoms with van der Waals surface area (Å²) in [4.78, 5) is 0.296. The highest BCUT2D eigenvalue weighted by atomic mass is 32.2. The van der Waals surface area contributed by atoms with Gasteiger partial charge in [0, 0.05) is 19.0 Å². The van der Waals surface area contributed by atoms with Crippen molar-refractivity contribution in [3.63, 3.8) is 0 Å². The molecular weight excluding hydrogens is 398 g/mol. The summed E-state index contributed by atoms with van der Waals surface area (Å²) < 4.78 is 38.6. The summed E-state index contributed by atoms with van der Waals surface area (Å²) in [5.41, 5.74) is 6.85. The van der Waals surface area contributed by atoms with E-state index in [1.165, 1.54) is 4.31 Å². The molecule has 0 N–H and O–H groups in total. The standard InChI is InChI=1S/C24H27NO4S/c1-17(2)22-16-25(30(26,27)20-12-9-18(3)10-13-20)15-19(22)11-14-21-23(28-4)7-6-8-24(21)29-5/h6-10,12-14,22H,1,15-16H2,2-5H3. The van der Waals surface area contributed by atoms with Gasteiger partial charge in [-0.2, -0.15) is 4.31 Å². The maximum absolute atomic E-state index is 13.1. The number of benzene rings is 2. The van der Waals surface area contributed by atoms with Crippen LogP contribution in [-0.2, 0) is 10.0 Å². The van der Waals surface area contributed by atoms with Crippen LogP contribution in [0, 0.1) is 12.8 Å². The van der Waals surface area contributed by atoms with Gasteiger partial charge in [0.15, 0.2) is 0 Å². The van der Waals surface area contributed by atoms with Gasteiger partial charge < -0.3 is 9.47 Å². The van der Waals surface area contributed by atoms with Gasteiger partial charge in [-0.05, 0) is 49.8 Å². The van der Waals surface area contributed by atoms with Crippen molar-refractivity contribution in [2.24, 2.45) is 5.92 Å². The molecule has 1 aliphatic heterocycles. The quantitative estimate of drug-likeness (QED) is 0.507. The highest BCUT2D eigenvalue weighted by Gasteiger charge is 2.36. The second-order valence-corrected chi connectivity index (χ2v) is 9.34. The summed E-state index contributed by atoms with van der Waals surface area (Å²) >= 11 is 0. The van der Waals surface area contributed by atoms with Gasteiger partial charge in [-0.15, -0.1) is 5.73 Å². The van der Waals surface area contributed by atoms with Crippen LogP contribution < -0.4 is 9.47 Å². The van der Waals surface area contributed by atoms with E-state index in [1.807, 2.05) is 44.2 Å². The van der Waals surface area contributed by atoms with Gasteiger partial charge in [-0.3, -0.25) is 0 Å². The number of hydrogen-bond donors (Lipinski definition) is 0. The first kappa shape index (κ1) is 21.9. The Hall–Kier alpha value is -2.79. The lowest BCUT2D eigenvalue weighted by molar-refractivity contribution is 0.392. The fourth-order valence-electron chi connectivity index (χ4n) is 3.51. The van der Waals surface area contributed by atoms with E-state index in [0.717, 1.165) is 22.3 Å². The predicted octanol–water partition coefficient (Wildman–Crippen LogP) is 4.45. The van der Waals surface area contributed by atoms with Crippen molar-refractivity contribution in [3.05, 3.63) is 77.0 Å². The second kappa shape index (κ2) is 8.92. The molecule has 2 aromatic carbocycles. The molecule has 0 amide bonds. The van der Waals surface area contributed by atoms with Crippen LogP contribution in [0.4, 0.5) is 0 Å². The van der Waals surface area contributed by atoms with Crippen LogP contribution in [-0.4, -0.2) is 40.0 Å². The SMILES string of the molecule is C=C(C)C1CN(S(=O)(=O)c2ccc(C)cc2)CC1=C=Cc1c(OC)cccc1OC. The minimum Gasteiger partial charge on any atom is -0.496 e. The summed E-state index contributed by atoms with van der Waals surface area (Å²) in [6, 6.07) is 12.5. The minimum absolute atomic E-state index is 0.0952. The number of hydrogen-bond acceptors (Lipinski definition) is 4. The largest absolute Gasteiger partial charge is 0.496 e. The third-order valence-electron chi connectivity index (χ3n) is 5.28. The third-order valence-corrected chi connectivity index (χ3v) is 7.10. The van der Waals surface area contributed by atoms with E-state index in [4.69, 9.17) is 9.47 Å². The van der Waals surface area contributed by atoms with Gasteiger partial charge in [0.25, 0.3) is 0 Å². The van der Waals surface area contributed by atoms with E-state index in [2.05, 4.69) is 12.3 Å². The van der Waals surface area contributed by atoms with Gasteiger partial charge >= 0.3 is 0 Å². The molecule has 0 radical (unpaired) electrons. The number of methoxy groups -OCH3 is 2. The van der Waals surface area contributed by atoms with Gasteiger partial charge in [-0.25, -0.2) is 8.42 Å². The normalized spacial score (nSPS) is 16.8. The van der Waals surface area contributed by atoms with Crippen molar-refractivity contribution in [3.8, 4) is 11.5 Å². The molecular formula is C24H27NO4S. The number of aryl methyl sites for hydroxylation is 1. The zero-order valence-electron chi connectivity index (χ0n) is 17.8. The van der Waals surface area contributed by atoms with Crippen LogP contribution in [0.1, 0.15) is 18.1 Å². The number of sulfonamides is 1. The van der Waals surface area contributed by atoms with E-state index < -0.39 is 10.0 Å². The molecule has 0 bridgehead atoms. The lowest BCUT2D eigenvalue weighted by Gasteiger charge is -2.16. The maximum Gasteiger partial charge on any atom is 0.243 e. The maximum atomic E-state index is 13.1. The number of nitrogens with zero attached hydrogens (tertiary/aromatic N) is 1. The molecule has 0 aromatic heterocycles. The van der Waals surface area contributed by atoms with Gasteiger partial charge in [0.2, 0.25) is 10.0 Å². The van der Waals surface area contributed by atoms with Gasteiger partial charge in [-0.1, -0.05) is 35.9 Å². The molecule has 6 heteroatoms. The van der Waals surface area contributed by atoms with Crippen molar-refractivity contribution < 1.29 is 17.9 Å². The molecule has 1 saturated heterocycles. The predicted molar refractivity (Wildman–Crippen MR) is 119 cm³/mol. The van der Waals surface area contributed by atoms with Crippen molar-refractivity contribution in [2.45, 2.75) is 18.7 Å². The van der Waals surface area contributed by atoms with Crippen LogP contribution in [0.15, 0.2) is 70.8 Å². The van der Waals surface area contributed by atoms with Gasteiger partial charge in [0.05, 0.1) is 24.7 Å². The van der Waals surface area contributed by atoms with Crippen LogP contribution in [0.2, 0.25) is 0 Å². The summed E-state index contributed by atoms with van der Waals surface area (Å²) in [6.45, 7) is 8.53. The highest BCUT2D eigenvalue weighted by molar-refractivity contribution is 7.89. The Labute approximate surface area is 179 Å². The van der Waals surface area contributed by atoms with Crippen molar-refractivity contribution in [1.29, 1.82) is 0 Å². The number of ether oxygens (including phenoxy) is 2. The highest BCUT2D eigenvalue weighted by Crippen LogP contribution is 2.33.